The number of hydrogen-bond donors (Lipinski definition) is 1. The average Bonchev–Trinajstić information content (AvgIpc) is 2.58. The molecule has 0 radical (unpaired) electrons. The highest BCUT2D eigenvalue weighted by Gasteiger charge is 2.20. The molecule has 0 saturated carbocycles. The lowest BCUT2D eigenvalue weighted by Gasteiger charge is -2.26. The van der Waals surface area contributed by atoms with Gasteiger partial charge < -0.3 is 15.1 Å². The van der Waals surface area contributed by atoms with Gasteiger partial charge in [-0.2, -0.15) is 0 Å². The Hall–Kier alpha value is -2.37. The molecule has 0 unspecified atom stereocenters. The lowest BCUT2D eigenvalue weighted by molar-refractivity contribution is -0.136. The van der Waals surface area contributed by atoms with Gasteiger partial charge in [-0.25, -0.2) is 0 Å². The van der Waals surface area contributed by atoms with E-state index in [0.717, 1.165) is 12.8 Å². The van der Waals surface area contributed by atoms with Gasteiger partial charge in [0.1, 0.15) is 0 Å². The van der Waals surface area contributed by atoms with Gasteiger partial charge in [-0.05, 0) is 44.9 Å². The Kier molecular flexibility index (Phi) is 6.35. The lowest BCUT2D eigenvalue weighted by Crippen LogP contribution is -2.40. The van der Waals surface area contributed by atoms with Gasteiger partial charge in [-0.1, -0.05) is 6.07 Å². The maximum absolute atomic E-state index is 12.4. The van der Waals surface area contributed by atoms with Crippen molar-refractivity contribution in [3.05, 3.63) is 29.8 Å². The Balaban J connectivity index is 1.99. The van der Waals surface area contributed by atoms with E-state index in [-0.39, 0.29) is 24.3 Å². The Morgan fingerprint density at radius 3 is 2.62 bits per heavy atom. The fourth-order valence-corrected chi connectivity index (χ4v) is 2.83. The fraction of sp³-hybridized carbons (Fsp3) is 0.500. The van der Waals surface area contributed by atoms with Crippen molar-refractivity contribution in [3.8, 4) is 0 Å². The van der Waals surface area contributed by atoms with Gasteiger partial charge >= 0.3 is 0 Å². The quantitative estimate of drug-likeness (QED) is 0.868. The number of benzene rings is 1. The van der Waals surface area contributed by atoms with Crippen LogP contribution < -0.4 is 5.32 Å². The molecule has 0 bridgehead atoms. The predicted octanol–water partition coefficient (Wildman–Crippen LogP) is 2.12. The van der Waals surface area contributed by atoms with Crippen LogP contribution >= 0.6 is 0 Å². The molecular formula is C18H25N3O3. The van der Waals surface area contributed by atoms with Crippen LogP contribution in [-0.2, 0) is 9.59 Å². The van der Waals surface area contributed by atoms with Gasteiger partial charge in [0, 0.05) is 37.3 Å². The van der Waals surface area contributed by atoms with Crippen molar-refractivity contribution in [2.24, 2.45) is 0 Å². The first kappa shape index (κ1) is 18.0. The number of rotatable bonds is 6. The van der Waals surface area contributed by atoms with Crippen molar-refractivity contribution in [3.63, 3.8) is 0 Å². The molecule has 0 atom stereocenters. The molecule has 130 valence electrons. The number of amides is 3. The number of piperidine rings is 1. The number of anilines is 1. The van der Waals surface area contributed by atoms with Crippen molar-refractivity contribution < 1.29 is 14.4 Å². The summed E-state index contributed by atoms with van der Waals surface area (Å²) >= 11 is 0. The first-order valence-corrected chi connectivity index (χ1v) is 8.52. The smallest absolute Gasteiger partial charge is 0.253 e. The largest absolute Gasteiger partial charge is 0.339 e. The van der Waals surface area contributed by atoms with E-state index in [0.29, 0.717) is 37.3 Å². The predicted molar refractivity (Wildman–Crippen MR) is 92.8 cm³/mol. The summed E-state index contributed by atoms with van der Waals surface area (Å²) in [5.74, 6) is -0.262. The van der Waals surface area contributed by atoms with Crippen LogP contribution in [0.1, 0.15) is 43.5 Å². The second-order valence-corrected chi connectivity index (χ2v) is 5.88. The Labute approximate surface area is 142 Å². The number of hydrogen-bond acceptors (Lipinski definition) is 3. The third kappa shape index (κ3) is 4.57. The van der Waals surface area contributed by atoms with E-state index in [9.17, 15) is 14.4 Å². The third-order valence-corrected chi connectivity index (χ3v) is 4.20. The van der Waals surface area contributed by atoms with Gasteiger partial charge in [0.15, 0.2) is 0 Å². The normalized spacial score (nSPS) is 14.4. The van der Waals surface area contributed by atoms with E-state index in [1.165, 1.54) is 0 Å². The summed E-state index contributed by atoms with van der Waals surface area (Å²) in [4.78, 5) is 39.6. The van der Waals surface area contributed by atoms with Gasteiger partial charge in [-0.3, -0.25) is 14.4 Å². The molecule has 6 nitrogen and oxygen atoms in total. The highest BCUT2D eigenvalue weighted by atomic mass is 16.2. The second kappa shape index (κ2) is 8.47. The molecule has 1 aromatic rings. The van der Waals surface area contributed by atoms with Crippen LogP contribution in [0.4, 0.5) is 5.69 Å². The molecule has 0 aliphatic carbocycles. The minimum absolute atomic E-state index is 0.0295. The maximum atomic E-state index is 12.4. The number of nitrogens with zero attached hydrogens (tertiary/aromatic N) is 2. The van der Waals surface area contributed by atoms with Crippen LogP contribution in [0.2, 0.25) is 0 Å². The van der Waals surface area contributed by atoms with E-state index >= 15 is 0 Å². The molecule has 1 aliphatic rings. The van der Waals surface area contributed by atoms with Gasteiger partial charge in [-0.15, -0.1) is 0 Å². The van der Waals surface area contributed by atoms with E-state index in [1.54, 1.807) is 34.1 Å². The summed E-state index contributed by atoms with van der Waals surface area (Å²) in [6.45, 7) is 5.84. The number of carbonyl (C=O) groups excluding carboxylic acids is 3. The molecular weight excluding hydrogens is 306 g/mol. The summed E-state index contributed by atoms with van der Waals surface area (Å²) in [6.07, 6.45) is 2.35. The number of nitrogens with one attached hydrogen (secondary N) is 1. The SMILES string of the molecule is CCN(CC)C(=O)c1cccc(NC(=O)CN2CCCCC2=O)c1. The number of likely N-dealkylation sites (tertiary alicyclic amines) is 1. The van der Waals surface area contributed by atoms with E-state index in [2.05, 4.69) is 5.32 Å². The van der Waals surface area contributed by atoms with Crippen molar-refractivity contribution in [2.45, 2.75) is 33.1 Å². The standard InChI is InChI=1S/C18H25N3O3/c1-3-20(4-2)18(24)14-8-7-9-15(12-14)19-16(22)13-21-11-6-5-10-17(21)23/h7-9,12H,3-6,10-11,13H2,1-2H3,(H,19,22). The highest BCUT2D eigenvalue weighted by Crippen LogP contribution is 2.14. The lowest BCUT2D eigenvalue weighted by atomic mass is 10.1. The van der Waals surface area contributed by atoms with Crippen LogP contribution in [0.15, 0.2) is 24.3 Å². The Bertz CT molecular complexity index is 611. The summed E-state index contributed by atoms with van der Waals surface area (Å²) in [5.41, 5.74) is 1.12. The first-order chi connectivity index (χ1) is 11.5. The second-order valence-electron chi connectivity index (χ2n) is 5.88. The van der Waals surface area contributed by atoms with Crippen LogP contribution in [0.5, 0.6) is 0 Å². The molecule has 2 rings (SSSR count). The van der Waals surface area contributed by atoms with E-state index in [1.807, 2.05) is 13.8 Å². The molecule has 1 saturated heterocycles. The molecule has 1 heterocycles. The van der Waals surface area contributed by atoms with Gasteiger partial charge in [0.25, 0.3) is 5.91 Å². The zero-order valence-corrected chi connectivity index (χ0v) is 14.4. The van der Waals surface area contributed by atoms with E-state index < -0.39 is 0 Å². The minimum Gasteiger partial charge on any atom is -0.339 e. The number of carbonyl (C=O) groups is 3. The first-order valence-electron chi connectivity index (χ1n) is 8.52. The third-order valence-electron chi connectivity index (χ3n) is 4.20. The molecule has 1 aliphatic heterocycles. The van der Waals surface area contributed by atoms with Crippen molar-refractivity contribution >= 4 is 23.4 Å². The Morgan fingerprint density at radius 1 is 1.21 bits per heavy atom. The zero-order chi connectivity index (χ0) is 17.5. The van der Waals surface area contributed by atoms with Crippen molar-refractivity contribution in [2.75, 3.05) is 31.5 Å². The summed E-state index contributed by atoms with van der Waals surface area (Å²) in [5, 5.41) is 2.78. The van der Waals surface area contributed by atoms with Crippen LogP contribution in [-0.4, -0.2) is 53.7 Å². The monoisotopic (exact) mass is 331 g/mol. The van der Waals surface area contributed by atoms with Crippen LogP contribution in [0.3, 0.4) is 0 Å². The van der Waals surface area contributed by atoms with Crippen molar-refractivity contribution in [1.82, 2.24) is 9.80 Å². The molecule has 24 heavy (non-hydrogen) atoms. The van der Waals surface area contributed by atoms with E-state index in [4.69, 9.17) is 0 Å². The van der Waals surface area contributed by atoms with Gasteiger partial charge in [0.2, 0.25) is 11.8 Å². The molecule has 1 aromatic carbocycles. The average molecular weight is 331 g/mol. The molecule has 1 fully saturated rings. The molecule has 6 heteroatoms. The minimum atomic E-state index is -0.238. The van der Waals surface area contributed by atoms with Crippen LogP contribution in [0.25, 0.3) is 0 Å². The zero-order valence-electron chi connectivity index (χ0n) is 14.4. The molecule has 1 N–H and O–H groups in total. The van der Waals surface area contributed by atoms with Crippen LogP contribution in [0, 0.1) is 0 Å². The maximum Gasteiger partial charge on any atom is 0.253 e. The summed E-state index contributed by atoms with van der Waals surface area (Å²) < 4.78 is 0. The fourth-order valence-electron chi connectivity index (χ4n) is 2.83. The molecule has 0 aromatic heterocycles. The molecule has 3 amide bonds. The summed E-state index contributed by atoms with van der Waals surface area (Å²) in [7, 11) is 0. The Morgan fingerprint density at radius 2 is 1.96 bits per heavy atom. The topological polar surface area (TPSA) is 69.7 Å². The highest BCUT2D eigenvalue weighted by molar-refractivity contribution is 5.98. The molecule has 0 spiro atoms. The van der Waals surface area contributed by atoms with Crippen molar-refractivity contribution in [1.29, 1.82) is 0 Å². The van der Waals surface area contributed by atoms with Gasteiger partial charge in [0.05, 0.1) is 6.54 Å². The summed E-state index contributed by atoms with van der Waals surface area (Å²) in [6, 6.07) is 6.91.